The van der Waals surface area contributed by atoms with Crippen LogP contribution >= 0.6 is 31.9 Å². The largest absolute Gasteiger partial charge is 0.465 e. The Balaban J connectivity index is 2.08. The molecule has 0 bridgehead atoms. The number of anilines is 1. The number of nitrogens with one attached hydrogen (secondary N) is 1. The van der Waals surface area contributed by atoms with Gasteiger partial charge in [-0.15, -0.1) is 0 Å². The van der Waals surface area contributed by atoms with Crippen LogP contribution in [0.1, 0.15) is 21.5 Å². The Hall–Kier alpha value is -1.33. The summed E-state index contributed by atoms with van der Waals surface area (Å²) < 4.78 is 6.71. The van der Waals surface area contributed by atoms with E-state index in [9.17, 15) is 4.79 Å². The van der Waals surface area contributed by atoms with Crippen LogP contribution in [0.3, 0.4) is 0 Å². The van der Waals surface area contributed by atoms with Crippen molar-refractivity contribution in [1.29, 1.82) is 0 Å². The average Bonchev–Trinajstić information content (AvgIpc) is 2.46. The molecule has 0 heterocycles. The van der Waals surface area contributed by atoms with Gasteiger partial charge in [-0.25, -0.2) is 4.79 Å². The molecular weight excluding hydrogens is 398 g/mol. The summed E-state index contributed by atoms with van der Waals surface area (Å²) in [4.78, 5) is 11.4. The maximum absolute atomic E-state index is 11.4. The number of methoxy groups -OCH3 is 1. The summed E-state index contributed by atoms with van der Waals surface area (Å²) in [5.74, 6) is -0.321. The summed E-state index contributed by atoms with van der Waals surface area (Å²) in [5.41, 5.74) is 3.83. The molecule has 0 spiro atoms. The van der Waals surface area contributed by atoms with Crippen molar-refractivity contribution in [2.45, 2.75) is 13.5 Å². The van der Waals surface area contributed by atoms with E-state index in [4.69, 9.17) is 0 Å². The lowest BCUT2D eigenvalue weighted by molar-refractivity contribution is 0.0600. The molecule has 110 valence electrons. The van der Waals surface area contributed by atoms with Crippen molar-refractivity contribution < 1.29 is 9.53 Å². The van der Waals surface area contributed by atoms with E-state index in [1.54, 1.807) is 12.1 Å². The van der Waals surface area contributed by atoms with Crippen LogP contribution < -0.4 is 5.32 Å². The van der Waals surface area contributed by atoms with E-state index in [0.29, 0.717) is 12.1 Å². The van der Waals surface area contributed by atoms with Gasteiger partial charge >= 0.3 is 5.97 Å². The van der Waals surface area contributed by atoms with Gasteiger partial charge in [-0.3, -0.25) is 0 Å². The minimum atomic E-state index is -0.321. The van der Waals surface area contributed by atoms with Crippen molar-refractivity contribution in [3.63, 3.8) is 0 Å². The average molecular weight is 413 g/mol. The molecule has 0 atom stereocenters. The molecule has 2 aromatic carbocycles. The predicted molar refractivity (Wildman–Crippen MR) is 91.7 cm³/mol. The van der Waals surface area contributed by atoms with Crippen molar-refractivity contribution in [3.05, 3.63) is 62.0 Å². The van der Waals surface area contributed by atoms with Gasteiger partial charge < -0.3 is 10.1 Å². The predicted octanol–water partition coefficient (Wildman–Crippen LogP) is 4.92. The Labute approximate surface area is 141 Å². The molecule has 21 heavy (non-hydrogen) atoms. The van der Waals surface area contributed by atoms with Crippen molar-refractivity contribution in [1.82, 2.24) is 0 Å². The third-order valence-corrected chi connectivity index (χ3v) is 4.28. The van der Waals surface area contributed by atoms with Crippen LogP contribution in [0.2, 0.25) is 0 Å². The maximum Gasteiger partial charge on any atom is 0.337 e. The molecule has 1 N–H and O–H groups in total. The quantitative estimate of drug-likeness (QED) is 0.724. The molecule has 0 radical (unpaired) electrons. The van der Waals surface area contributed by atoms with Crippen molar-refractivity contribution in [2.24, 2.45) is 0 Å². The fraction of sp³-hybridized carbons (Fsp3) is 0.188. The second kappa shape index (κ2) is 7.09. The van der Waals surface area contributed by atoms with Crippen LogP contribution in [0.4, 0.5) is 5.69 Å². The van der Waals surface area contributed by atoms with Crippen molar-refractivity contribution in [2.75, 3.05) is 12.4 Å². The highest BCUT2D eigenvalue weighted by molar-refractivity contribution is 9.11. The molecule has 0 aliphatic heterocycles. The van der Waals surface area contributed by atoms with Crippen LogP contribution in [0.15, 0.2) is 45.3 Å². The first-order valence-electron chi connectivity index (χ1n) is 6.38. The first kappa shape index (κ1) is 16.0. The van der Waals surface area contributed by atoms with Gasteiger partial charge in [-0.1, -0.05) is 12.1 Å². The van der Waals surface area contributed by atoms with E-state index in [2.05, 4.69) is 54.0 Å². The normalized spacial score (nSPS) is 10.3. The third-order valence-electron chi connectivity index (χ3n) is 3.03. The number of aryl methyl sites for hydroxylation is 1. The zero-order valence-corrected chi connectivity index (χ0v) is 14.9. The molecular formula is C16H15Br2NO2. The lowest BCUT2D eigenvalue weighted by atomic mass is 10.1. The number of ether oxygens (including phenoxy) is 1. The Morgan fingerprint density at radius 2 is 1.71 bits per heavy atom. The highest BCUT2D eigenvalue weighted by atomic mass is 79.9. The second-order valence-electron chi connectivity index (χ2n) is 4.65. The molecule has 2 rings (SSSR count). The summed E-state index contributed by atoms with van der Waals surface area (Å²) in [6, 6.07) is 11.5. The standard InChI is InChI=1S/C16H15Br2NO2/c1-10-7-13(17)15(14(18)8-10)19-9-11-3-5-12(6-4-11)16(20)21-2/h3-8,19H,9H2,1-2H3. The lowest BCUT2D eigenvalue weighted by Gasteiger charge is -2.12. The van der Waals surface area contributed by atoms with Crippen LogP contribution in [0.25, 0.3) is 0 Å². The third kappa shape index (κ3) is 4.08. The first-order chi connectivity index (χ1) is 10.0. The molecule has 0 aromatic heterocycles. The van der Waals surface area contributed by atoms with E-state index in [0.717, 1.165) is 20.2 Å². The highest BCUT2D eigenvalue weighted by Gasteiger charge is 2.07. The number of halogens is 2. The fourth-order valence-corrected chi connectivity index (χ4v) is 3.63. The van der Waals surface area contributed by atoms with E-state index >= 15 is 0 Å². The molecule has 0 fully saturated rings. The van der Waals surface area contributed by atoms with Gasteiger partial charge in [0.1, 0.15) is 0 Å². The number of esters is 1. The van der Waals surface area contributed by atoms with Gasteiger partial charge in [0.25, 0.3) is 0 Å². The Morgan fingerprint density at radius 3 is 2.24 bits per heavy atom. The van der Waals surface area contributed by atoms with Gasteiger partial charge in [0, 0.05) is 15.5 Å². The topological polar surface area (TPSA) is 38.3 Å². The molecule has 0 aliphatic rings. The van der Waals surface area contributed by atoms with Gasteiger partial charge in [0.05, 0.1) is 18.4 Å². The Bertz CT molecular complexity index is 631. The van der Waals surface area contributed by atoms with E-state index in [1.165, 1.54) is 12.7 Å². The number of hydrogen-bond acceptors (Lipinski definition) is 3. The van der Waals surface area contributed by atoms with E-state index < -0.39 is 0 Å². The SMILES string of the molecule is COC(=O)c1ccc(CNc2c(Br)cc(C)cc2Br)cc1. The minimum Gasteiger partial charge on any atom is -0.465 e. The summed E-state index contributed by atoms with van der Waals surface area (Å²) in [5, 5.41) is 3.38. The molecule has 0 amide bonds. The molecule has 2 aromatic rings. The second-order valence-corrected chi connectivity index (χ2v) is 6.35. The van der Waals surface area contributed by atoms with E-state index in [-0.39, 0.29) is 5.97 Å². The molecule has 0 saturated carbocycles. The Morgan fingerprint density at radius 1 is 1.14 bits per heavy atom. The molecule has 0 aliphatic carbocycles. The number of carbonyl (C=O) groups excluding carboxylic acids is 1. The number of rotatable bonds is 4. The van der Waals surface area contributed by atoms with Gasteiger partial charge in [0.15, 0.2) is 0 Å². The smallest absolute Gasteiger partial charge is 0.337 e. The van der Waals surface area contributed by atoms with Crippen LogP contribution in [0, 0.1) is 6.92 Å². The first-order valence-corrected chi connectivity index (χ1v) is 7.96. The summed E-state index contributed by atoms with van der Waals surface area (Å²) >= 11 is 7.12. The lowest BCUT2D eigenvalue weighted by Crippen LogP contribution is -2.03. The van der Waals surface area contributed by atoms with Gasteiger partial charge in [0.2, 0.25) is 0 Å². The molecule has 5 heteroatoms. The van der Waals surface area contributed by atoms with Gasteiger partial charge in [-0.05, 0) is 74.2 Å². The molecule has 0 saturated heterocycles. The summed E-state index contributed by atoms with van der Waals surface area (Å²) in [6.07, 6.45) is 0. The van der Waals surface area contributed by atoms with Crippen molar-refractivity contribution in [3.8, 4) is 0 Å². The van der Waals surface area contributed by atoms with Crippen LogP contribution in [-0.4, -0.2) is 13.1 Å². The number of benzene rings is 2. The van der Waals surface area contributed by atoms with Crippen molar-refractivity contribution >= 4 is 43.5 Å². The maximum atomic E-state index is 11.4. The van der Waals surface area contributed by atoms with E-state index in [1.807, 2.05) is 19.1 Å². The van der Waals surface area contributed by atoms with Crippen LogP contribution in [0.5, 0.6) is 0 Å². The molecule has 3 nitrogen and oxygen atoms in total. The minimum absolute atomic E-state index is 0.321. The summed E-state index contributed by atoms with van der Waals surface area (Å²) in [7, 11) is 1.38. The monoisotopic (exact) mass is 411 g/mol. The zero-order valence-electron chi connectivity index (χ0n) is 11.7. The molecule has 0 unspecified atom stereocenters. The van der Waals surface area contributed by atoms with Gasteiger partial charge in [-0.2, -0.15) is 0 Å². The summed E-state index contributed by atoms with van der Waals surface area (Å²) in [6.45, 7) is 2.71. The van der Waals surface area contributed by atoms with Crippen LogP contribution in [-0.2, 0) is 11.3 Å². The Kier molecular flexibility index (Phi) is 5.42. The number of hydrogen-bond donors (Lipinski definition) is 1. The highest BCUT2D eigenvalue weighted by Crippen LogP contribution is 2.32. The number of carbonyl (C=O) groups is 1. The zero-order chi connectivity index (χ0) is 15.4. The fourth-order valence-electron chi connectivity index (χ4n) is 1.94.